The summed E-state index contributed by atoms with van der Waals surface area (Å²) in [5, 5.41) is 0. The van der Waals surface area contributed by atoms with E-state index in [9.17, 15) is 22.8 Å². The molecular weight excluding hydrogens is 409 g/mol. The minimum atomic E-state index is -4.85. The Hall–Kier alpha value is -3.86. The van der Waals surface area contributed by atoms with Crippen molar-refractivity contribution in [3.8, 4) is 11.3 Å². The molecule has 5 nitrogen and oxygen atoms in total. The molecule has 158 valence electrons. The average molecular weight is 426 g/mol. The third kappa shape index (κ3) is 4.51. The Labute approximate surface area is 176 Å². The number of halogens is 3. The van der Waals surface area contributed by atoms with Crippen molar-refractivity contribution < 1.29 is 22.7 Å². The molecule has 2 aromatic carbocycles. The zero-order valence-corrected chi connectivity index (χ0v) is 16.7. The van der Waals surface area contributed by atoms with Crippen molar-refractivity contribution in [2.24, 2.45) is 0 Å². The molecule has 1 heterocycles. The Morgan fingerprint density at radius 1 is 1.13 bits per heavy atom. The second kappa shape index (κ2) is 8.48. The molecule has 0 spiro atoms. The molecule has 3 rings (SSSR count). The van der Waals surface area contributed by atoms with Gasteiger partial charge in [0, 0.05) is 12.2 Å². The van der Waals surface area contributed by atoms with Gasteiger partial charge in [0.1, 0.15) is 0 Å². The van der Waals surface area contributed by atoms with Gasteiger partial charge >= 0.3 is 12.1 Å². The first kappa shape index (κ1) is 21.8. The van der Waals surface area contributed by atoms with Crippen LogP contribution in [0.3, 0.4) is 0 Å². The lowest BCUT2D eigenvalue weighted by Gasteiger charge is -2.18. The van der Waals surface area contributed by atoms with E-state index in [1.807, 2.05) is 0 Å². The van der Waals surface area contributed by atoms with Crippen LogP contribution in [0.2, 0.25) is 0 Å². The van der Waals surface area contributed by atoms with Gasteiger partial charge in [0.05, 0.1) is 24.8 Å². The number of esters is 1. The van der Waals surface area contributed by atoms with Gasteiger partial charge in [-0.05, 0) is 42.3 Å². The summed E-state index contributed by atoms with van der Waals surface area (Å²) in [5.41, 5.74) is -1.13. The normalized spacial score (nSPS) is 11.1. The highest BCUT2D eigenvalue weighted by atomic mass is 19.4. The Balaban J connectivity index is 2.22. The van der Waals surface area contributed by atoms with Crippen LogP contribution in [-0.2, 0) is 17.5 Å². The van der Waals surface area contributed by atoms with Gasteiger partial charge in [-0.1, -0.05) is 35.9 Å². The van der Waals surface area contributed by atoms with Crippen molar-refractivity contribution in [1.82, 2.24) is 4.57 Å². The second-order valence-electron chi connectivity index (χ2n) is 6.85. The molecule has 0 saturated heterocycles. The number of alkyl halides is 3. The smallest absolute Gasteiger partial charge is 0.407 e. The first-order valence-electron chi connectivity index (χ1n) is 9.12. The molecule has 0 fully saturated rings. The number of pyridine rings is 1. The Morgan fingerprint density at radius 3 is 2.35 bits per heavy atom. The standard InChI is InChI=1S/C23H17F3N2O3/c1-14-5-4-6-17(11-14)19-12-18(23(24,25)26)20(27-2)21(29)28(19)13-15-7-9-16(10-8-15)22(30)31-3/h4-12H,13H2,1,3H3. The number of carbonyl (C=O) groups excluding carboxylic acids is 1. The van der Waals surface area contributed by atoms with Crippen molar-refractivity contribution >= 4 is 11.7 Å². The summed E-state index contributed by atoms with van der Waals surface area (Å²) < 4.78 is 46.5. The second-order valence-corrected chi connectivity index (χ2v) is 6.85. The minimum Gasteiger partial charge on any atom is -0.465 e. The molecule has 0 atom stereocenters. The van der Waals surface area contributed by atoms with E-state index in [4.69, 9.17) is 6.57 Å². The number of methoxy groups -OCH3 is 1. The predicted octanol–water partition coefficient (Wildman–Crippen LogP) is 5.23. The zero-order valence-electron chi connectivity index (χ0n) is 16.7. The van der Waals surface area contributed by atoms with Crippen molar-refractivity contribution in [3.63, 3.8) is 0 Å². The maximum absolute atomic E-state index is 13.6. The van der Waals surface area contributed by atoms with Gasteiger partial charge in [0.15, 0.2) is 0 Å². The van der Waals surface area contributed by atoms with Crippen LogP contribution in [-0.4, -0.2) is 17.6 Å². The molecule has 0 bridgehead atoms. The number of aryl methyl sites for hydroxylation is 1. The number of hydrogen-bond acceptors (Lipinski definition) is 3. The van der Waals surface area contributed by atoms with Gasteiger partial charge in [-0.25, -0.2) is 9.64 Å². The van der Waals surface area contributed by atoms with Crippen molar-refractivity contribution in [3.05, 3.63) is 98.6 Å². The molecule has 0 aliphatic heterocycles. The molecule has 0 aliphatic carbocycles. The highest BCUT2D eigenvalue weighted by Crippen LogP contribution is 2.37. The first-order chi connectivity index (χ1) is 14.7. The molecule has 1 aromatic heterocycles. The van der Waals surface area contributed by atoms with Gasteiger partial charge in [-0.15, -0.1) is 0 Å². The van der Waals surface area contributed by atoms with Gasteiger partial charge in [0.2, 0.25) is 0 Å². The fraction of sp³-hybridized carbons (Fsp3) is 0.174. The molecule has 0 amide bonds. The van der Waals surface area contributed by atoms with Crippen molar-refractivity contribution in [1.29, 1.82) is 0 Å². The fourth-order valence-electron chi connectivity index (χ4n) is 3.21. The first-order valence-corrected chi connectivity index (χ1v) is 9.12. The van der Waals surface area contributed by atoms with Crippen molar-refractivity contribution in [2.45, 2.75) is 19.6 Å². The molecule has 0 N–H and O–H groups in total. The van der Waals surface area contributed by atoms with Gasteiger partial charge in [-0.2, -0.15) is 13.2 Å². The van der Waals surface area contributed by atoms with E-state index in [0.29, 0.717) is 16.7 Å². The number of carbonyl (C=O) groups is 1. The maximum Gasteiger partial charge on any atom is 0.407 e. The summed E-state index contributed by atoms with van der Waals surface area (Å²) in [4.78, 5) is 27.4. The van der Waals surface area contributed by atoms with Gasteiger partial charge < -0.3 is 9.30 Å². The molecule has 0 unspecified atom stereocenters. The molecule has 0 radical (unpaired) electrons. The van der Waals surface area contributed by atoms with E-state index in [2.05, 4.69) is 9.58 Å². The fourth-order valence-corrected chi connectivity index (χ4v) is 3.21. The molecule has 8 heteroatoms. The number of aromatic nitrogens is 1. The molecule has 3 aromatic rings. The van der Waals surface area contributed by atoms with Gasteiger partial charge in [-0.3, -0.25) is 4.79 Å². The lowest BCUT2D eigenvalue weighted by Crippen LogP contribution is -2.25. The zero-order chi connectivity index (χ0) is 22.8. The molecule has 31 heavy (non-hydrogen) atoms. The van der Waals surface area contributed by atoms with Crippen LogP contribution in [0.4, 0.5) is 18.9 Å². The molecule has 0 saturated carbocycles. The maximum atomic E-state index is 13.6. The third-order valence-corrected chi connectivity index (χ3v) is 4.72. The lowest BCUT2D eigenvalue weighted by molar-refractivity contribution is -0.136. The number of hydrogen-bond donors (Lipinski definition) is 0. The van der Waals surface area contributed by atoms with Crippen LogP contribution >= 0.6 is 0 Å². The summed E-state index contributed by atoms with van der Waals surface area (Å²) in [6.45, 7) is 8.86. The largest absolute Gasteiger partial charge is 0.465 e. The number of nitrogens with zero attached hydrogens (tertiary/aromatic N) is 2. The highest BCUT2D eigenvalue weighted by molar-refractivity contribution is 5.89. The van der Waals surface area contributed by atoms with Crippen LogP contribution in [0, 0.1) is 13.5 Å². The topological polar surface area (TPSA) is 52.7 Å². The molecule has 0 aliphatic rings. The quantitative estimate of drug-likeness (QED) is 0.424. The summed E-state index contributed by atoms with van der Waals surface area (Å²) >= 11 is 0. The lowest BCUT2D eigenvalue weighted by atomic mass is 10.0. The Morgan fingerprint density at radius 2 is 1.81 bits per heavy atom. The van der Waals surface area contributed by atoms with E-state index >= 15 is 0 Å². The summed E-state index contributed by atoms with van der Waals surface area (Å²) in [7, 11) is 1.25. The average Bonchev–Trinajstić information content (AvgIpc) is 2.74. The van der Waals surface area contributed by atoms with Crippen LogP contribution < -0.4 is 5.56 Å². The monoisotopic (exact) mass is 426 g/mol. The Bertz CT molecular complexity index is 1240. The van der Waals surface area contributed by atoms with Crippen molar-refractivity contribution in [2.75, 3.05) is 7.11 Å². The van der Waals surface area contributed by atoms with Crippen LogP contribution in [0.25, 0.3) is 16.1 Å². The van der Waals surface area contributed by atoms with Crippen LogP contribution in [0.15, 0.2) is 59.4 Å². The summed E-state index contributed by atoms with van der Waals surface area (Å²) in [5.74, 6) is -0.533. The van der Waals surface area contributed by atoms with Crippen LogP contribution in [0.5, 0.6) is 0 Å². The highest BCUT2D eigenvalue weighted by Gasteiger charge is 2.36. The van der Waals surface area contributed by atoms with E-state index in [1.165, 1.54) is 19.2 Å². The van der Waals surface area contributed by atoms with E-state index in [0.717, 1.165) is 16.2 Å². The van der Waals surface area contributed by atoms with E-state index < -0.39 is 29.0 Å². The minimum absolute atomic E-state index is 0.0467. The summed E-state index contributed by atoms with van der Waals surface area (Å²) in [6.07, 6.45) is -4.85. The number of benzene rings is 2. The van der Waals surface area contributed by atoms with Crippen LogP contribution in [0.1, 0.15) is 27.0 Å². The Kier molecular flexibility index (Phi) is 5.97. The summed E-state index contributed by atoms with van der Waals surface area (Å²) in [6, 6.07) is 13.7. The SMILES string of the molecule is [C-]#[N+]c1c(C(F)(F)F)cc(-c2cccc(C)c2)n(Cc2ccc(C(=O)OC)cc2)c1=O. The van der Waals surface area contributed by atoms with Gasteiger partial charge in [0.25, 0.3) is 11.2 Å². The van der Waals surface area contributed by atoms with E-state index in [-0.39, 0.29) is 12.2 Å². The number of ether oxygens (including phenoxy) is 1. The molecular formula is C23H17F3N2O3. The predicted molar refractivity (Wildman–Crippen MR) is 109 cm³/mol. The van der Waals surface area contributed by atoms with E-state index in [1.54, 1.807) is 43.3 Å². The third-order valence-electron chi connectivity index (χ3n) is 4.72. The number of rotatable bonds is 4.